The molecule has 1 aliphatic rings. The third kappa shape index (κ3) is 5.36. The minimum atomic E-state index is -3.80. The maximum Gasteiger partial charge on any atom is 0.218 e. The van der Waals surface area contributed by atoms with Crippen LogP contribution < -0.4 is 5.43 Å². The number of aliphatic hydroxyl groups is 1. The Kier molecular flexibility index (Phi) is 6.96. The minimum Gasteiger partial charge on any atom is -0.395 e. The van der Waals surface area contributed by atoms with Crippen LogP contribution in [0.15, 0.2) is 76.9 Å². The van der Waals surface area contributed by atoms with Crippen molar-refractivity contribution < 1.29 is 13.5 Å². The predicted octanol–water partition coefficient (Wildman–Crippen LogP) is 2.48. The molecular weight excluding hydrogens is 490 g/mol. The van der Waals surface area contributed by atoms with E-state index in [2.05, 4.69) is 15.1 Å². The molecule has 3 heterocycles. The quantitative estimate of drug-likeness (QED) is 0.382. The van der Waals surface area contributed by atoms with E-state index in [1.165, 1.54) is 4.31 Å². The summed E-state index contributed by atoms with van der Waals surface area (Å²) in [5.41, 5.74) is 2.35. The van der Waals surface area contributed by atoms with Crippen LogP contribution in [0.4, 0.5) is 0 Å². The molecule has 0 spiro atoms. The van der Waals surface area contributed by atoms with Gasteiger partial charge in [0.05, 0.1) is 30.1 Å². The van der Waals surface area contributed by atoms with E-state index in [0.29, 0.717) is 39.5 Å². The van der Waals surface area contributed by atoms with Gasteiger partial charge in [0, 0.05) is 55.4 Å². The van der Waals surface area contributed by atoms with E-state index in [4.69, 9.17) is 0 Å². The molecule has 2 aromatic heterocycles. The fraction of sp³-hybridized carbons (Fsp3) is 0.259. The van der Waals surface area contributed by atoms with E-state index < -0.39 is 10.0 Å². The molecule has 37 heavy (non-hydrogen) atoms. The Hall–Kier alpha value is -3.73. The lowest BCUT2D eigenvalue weighted by molar-refractivity contribution is 0.250. The van der Waals surface area contributed by atoms with Crippen LogP contribution in [0.25, 0.3) is 21.7 Å². The third-order valence-electron chi connectivity index (χ3n) is 6.46. The van der Waals surface area contributed by atoms with Gasteiger partial charge < -0.3 is 5.11 Å². The molecule has 5 rings (SSSR count). The fourth-order valence-corrected chi connectivity index (χ4v) is 6.00. The van der Waals surface area contributed by atoms with Crippen molar-refractivity contribution in [2.75, 3.05) is 26.7 Å². The van der Waals surface area contributed by atoms with Crippen molar-refractivity contribution in [2.24, 2.45) is 5.10 Å². The SMILES string of the molecule is CN1CC(c2cnc3ccc4ccc(CS(=O)(=O)N(CCO)Cc5ccccn5)cc4c(=O)c3c2)C=N1. The molecule has 0 bridgehead atoms. The highest BCUT2D eigenvalue weighted by Gasteiger charge is 2.23. The number of hydrazone groups is 1. The highest BCUT2D eigenvalue weighted by Crippen LogP contribution is 2.23. The molecule has 1 unspecified atom stereocenters. The van der Waals surface area contributed by atoms with E-state index in [9.17, 15) is 18.3 Å². The minimum absolute atomic E-state index is 0.0486. The number of nitrogens with zero attached hydrogens (tertiary/aromatic N) is 5. The van der Waals surface area contributed by atoms with E-state index >= 15 is 0 Å². The van der Waals surface area contributed by atoms with Crippen molar-refractivity contribution in [3.63, 3.8) is 0 Å². The Morgan fingerprint density at radius 3 is 2.65 bits per heavy atom. The number of aromatic nitrogens is 2. The summed E-state index contributed by atoms with van der Waals surface area (Å²) in [5.74, 6) is -0.254. The maximum atomic E-state index is 13.6. The standard InChI is InChI=1S/C27H27N5O4S/c1-31-16-22(15-30-31)21-13-25-26(29-14-21)8-7-20-6-5-19(12-24(20)27(25)34)18-37(35,36)32(10-11-33)17-23-4-2-3-9-28-23/h2-9,12-15,22,33H,10-11,16-18H2,1H3. The largest absolute Gasteiger partial charge is 0.395 e. The van der Waals surface area contributed by atoms with Crippen molar-refractivity contribution in [1.82, 2.24) is 19.3 Å². The number of pyridine rings is 2. The summed E-state index contributed by atoms with van der Waals surface area (Å²) in [6, 6.07) is 15.9. The van der Waals surface area contributed by atoms with E-state index in [0.717, 1.165) is 5.56 Å². The van der Waals surface area contributed by atoms with Gasteiger partial charge in [-0.3, -0.25) is 19.8 Å². The lowest BCUT2D eigenvalue weighted by Crippen LogP contribution is -2.34. The molecule has 10 heteroatoms. The molecular formula is C27H27N5O4S. The summed E-state index contributed by atoms with van der Waals surface area (Å²) in [5, 5.41) is 17.2. The van der Waals surface area contributed by atoms with Crippen molar-refractivity contribution in [3.05, 3.63) is 94.0 Å². The monoisotopic (exact) mass is 517 g/mol. The van der Waals surface area contributed by atoms with Crippen molar-refractivity contribution >= 4 is 37.9 Å². The van der Waals surface area contributed by atoms with E-state index in [-0.39, 0.29) is 36.8 Å². The van der Waals surface area contributed by atoms with Gasteiger partial charge in [0.1, 0.15) is 0 Å². The molecule has 9 nitrogen and oxygen atoms in total. The van der Waals surface area contributed by atoms with Crippen LogP contribution in [0.5, 0.6) is 0 Å². The first kappa shape index (κ1) is 24.9. The van der Waals surface area contributed by atoms with Crippen LogP contribution in [0.3, 0.4) is 0 Å². The molecule has 190 valence electrons. The topological polar surface area (TPSA) is 116 Å². The highest BCUT2D eigenvalue weighted by molar-refractivity contribution is 7.88. The second-order valence-corrected chi connectivity index (χ2v) is 11.1. The second kappa shape index (κ2) is 10.3. The molecule has 0 saturated heterocycles. The van der Waals surface area contributed by atoms with Gasteiger partial charge in [-0.1, -0.05) is 24.3 Å². The fourth-order valence-electron chi connectivity index (χ4n) is 4.52. The molecule has 1 atom stereocenters. The summed E-state index contributed by atoms with van der Waals surface area (Å²) < 4.78 is 27.8. The predicted molar refractivity (Wildman–Crippen MR) is 144 cm³/mol. The average Bonchev–Trinajstić information content (AvgIpc) is 3.28. The van der Waals surface area contributed by atoms with E-state index in [1.807, 2.05) is 36.5 Å². The Morgan fingerprint density at radius 2 is 1.92 bits per heavy atom. The molecule has 2 aromatic carbocycles. The summed E-state index contributed by atoms with van der Waals surface area (Å²) in [6.07, 6.45) is 5.22. The zero-order chi connectivity index (χ0) is 26.0. The number of sulfonamides is 1. The van der Waals surface area contributed by atoms with Crippen LogP contribution in [0.2, 0.25) is 0 Å². The Morgan fingerprint density at radius 1 is 1.08 bits per heavy atom. The van der Waals surface area contributed by atoms with Crippen LogP contribution in [-0.2, 0) is 22.3 Å². The molecule has 0 aliphatic carbocycles. The van der Waals surface area contributed by atoms with Gasteiger partial charge in [-0.15, -0.1) is 0 Å². The summed E-state index contributed by atoms with van der Waals surface area (Å²) in [7, 11) is -1.91. The van der Waals surface area contributed by atoms with Gasteiger partial charge in [-0.05, 0) is 46.8 Å². The zero-order valence-corrected chi connectivity index (χ0v) is 21.2. The van der Waals surface area contributed by atoms with Gasteiger partial charge in [-0.25, -0.2) is 8.42 Å². The number of aliphatic hydroxyl groups excluding tert-OH is 1. The second-order valence-electron chi connectivity index (χ2n) is 9.13. The smallest absolute Gasteiger partial charge is 0.218 e. The number of fused-ring (bicyclic) bond motifs is 2. The Labute approximate surface area is 214 Å². The Bertz CT molecular complexity index is 1640. The maximum absolute atomic E-state index is 13.6. The lowest BCUT2D eigenvalue weighted by atomic mass is 10.0. The van der Waals surface area contributed by atoms with Crippen LogP contribution in [0, 0.1) is 0 Å². The van der Waals surface area contributed by atoms with Crippen molar-refractivity contribution in [3.8, 4) is 0 Å². The highest BCUT2D eigenvalue weighted by atomic mass is 32.2. The third-order valence-corrected chi connectivity index (χ3v) is 8.25. The average molecular weight is 518 g/mol. The van der Waals surface area contributed by atoms with E-state index in [1.54, 1.807) is 48.8 Å². The first-order valence-corrected chi connectivity index (χ1v) is 13.5. The zero-order valence-electron chi connectivity index (χ0n) is 20.4. The molecule has 1 N–H and O–H groups in total. The molecule has 0 amide bonds. The molecule has 0 radical (unpaired) electrons. The van der Waals surface area contributed by atoms with Gasteiger partial charge >= 0.3 is 0 Å². The first-order valence-electron chi connectivity index (χ1n) is 11.9. The first-order chi connectivity index (χ1) is 17.8. The number of hydrogen-bond donors (Lipinski definition) is 1. The lowest BCUT2D eigenvalue weighted by Gasteiger charge is -2.21. The van der Waals surface area contributed by atoms with Crippen LogP contribution >= 0.6 is 0 Å². The van der Waals surface area contributed by atoms with Gasteiger partial charge in [0.2, 0.25) is 10.0 Å². The number of benzene rings is 1. The number of rotatable bonds is 8. The summed E-state index contributed by atoms with van der Waals surface area (Å²) in [4.78, 5) is 22.4. The molecule has 1 aliphatic heterocycles. The molecule has 0 fully saturated rings. The van der Waals surface area contributed by atoms with Gasteiger partial charge in [-0.2, -0.15) is 9.41 Å². The van der Waals surface area contributed by atoms with Crippen LogP contribution in [-0.4, -0.2) is 65.8 Å². The van der Waals surface area contributed by atoms with Crippen molar-refractivity contribution in [1.29, 1.82) is 0 Å². The summed E-state index contributed by atoms with van der Waals surface area (Å²) in [6.45, 7) is 0.407. The summed E-state index contributed by atoms with van der Waals surface area (Å²) >= 11 is 0. The number of likely N-dealkylation sites (N-methyl/N-ethyl adjacent to an activating group) is 1. The number of hydrogen-bond acceptors (Lipinski definition) is 8. The molecule has 0 saturated carbocycles. The normalized spacial score (nSPS) is 15.8. The van der Waals surface area contributed by atoms with Crippen molar-refractivity contribution in [2.45, 2.75) is 18.2 Å². The van der Waals surface area contributed by atoms with Crippen LogP contribution in [0.1, 0.15) is 22.7 Å². The van der Waals surface area contributed by atoms with Gasteiger partial charge in [0.25, 0.3) is 0 Å². The molecule has 4 aromatic rings. The Balaban J connectivity index is 1.51. The van der Waals surface area contributed by atoms with Gasteiger partial charge in [0.15, 0.2) is 5.43 Å².